The van der Waals surface area contributed by atoms with E-state index in [1.807, 2.05) is 27.0 Å². The molecule has 12 heteroatoms. The molecule has 0 radical (unpaired) electrons. The number of nitrogens with zero attached hydrogens (tertiary/aromatic N) is 1. The Morgan fingerprint density at radius 1 is 1.02 bits per heavy atom. The van der Waals surface area contributed by atoms with Crippen LogP contribution < -0.4 is 21.7 Å². The number of ether oxygens (including phenoxy) is 1. The molecule has 0 aliphatic carbocycles. The zero-order valence-electron chi connectivity index (χ0n) is 30.6. The molecule has 48 heavy (non-hydrogen) atoms. The third-order valence-electron chi connectivity index (χ3n) is 7.95. The van der Waals surface area contributed by atoms with Crippen LogP contribution in [0.15, 0.2) is 30.3 Å². The Morgan fingerprint density at radius 3 is 2.15 bits per heavy atom. The number of hydrogen-bond acceptors (Lipinski definition) is 8. The molecule has 6 N–H and O–H groups in total. The van der Waals surface area contributed by atoms with E-state index in [1.54, 1.807) is 36.1 Å². The minimum absolute atomic E-state index is 0.0311. The molecule has 12 nitrogen and oxygen atoms in total. The first-order valence-corrected chi connectivity index (χ1v) is 17.4. The topological polar surface area (TPSA) is 180 Å². The highest BCUT2D eigenvalue weighted by molar-refractivity contribution is 5.90. The van der Waals surface area contributed by atoms with Gasteiger partial charge in [-0.3, -0.25) is 19.2 Å². The lowest BCUT2D eigenvalue weighted by Gasteiger charge is -2.34. The van der Waals surface area contributed by atoms with E-state index in [2.05, 4.69) is 36.7 Å². The lowest BCUT2D eigenvalue weighted by atomic mass is 9.94. The van der Waals surface area contributed by atoms with Gasteiger partial charge in [0.1, 0.15) is 6.04 Å². The average molecular weight is 678 g/mol. The minimum Gasteiger partial charge on any atom is -0.480 e. The van der Waals surface area contributed by atoms with Crippen molar-refractivity contribution in [2.45, 2.75) is 117 Å². The Hall–Kier alpha value is -3.35. The number of hydrogen-bond donors (Lipinski definition) is 5. The number of Topliss-reactive ketones (excluding diaryl/α,β-unsaturated/α-hetero) is 1. The van der Waals surface area contributed by atoms with Gasteiger partial charge >= 0.3 is 5.97 Å². The number of nitrogens with one attached hydrogen (secondary N) is 3. The summed E-state index contributed by atoms with van der Waals surface area (Å²) in [7, 11) is 3.44. The monoisotopic (exact) mass is 677 g/mol. The van der Waals surface area contributed by atoms with Gasteiger partial charge in [-0.1, -0.05) is 84.7 Å². The standard InChI is InChI=1S/C28H42N4O7.C5H13N.C3H8/c1-17(2)24(29)27(36)30-16-20(33)12-13-23(34)32-14-8-11-22(32)25(39-4)18(3)26(35)31-21(28(37)38)15-19-9-6-5-7-10-19;1-3-4-5-6-2;1-3-2/h5-7,9-10,17-18,21-22,24-25H,8,11-16,29H2,1-4H3,(H,30,36)(H,31,35)(H,37,38);6H,3-5H2,1-2H3;3H2,1-2H3. The summed E-state index contributed by atoms with van der Waals surface area (Å²) >= 11 is 0. The summed E-state index contributed by atoms with van der Waals surface area (Å²) in [6.07, 6.45) is 4.59. The lowest BCUT2D eigenvalue weighted by molar-refractivity contribution is -0.144. The van der Waals surface area contributed by atoms with Crippen LogP contribution in [-0.4, -0.2) is 97.5 Å². The number of aliphatic carboxylic acids is 1. The molecule has 5 unspecified atom stereocenters. The van der Waals surface area contributed by atoms with Crippen LogP contribution in [0.2, 0.25) is 0 Å². The minimum atomic E-state index is -1.14. The molecule has 1 heterocycles. The van der Waals surface area contributed by atoms with Crippen LogP contribution in [0, 0.1) is 11.8 Å². The summed E-state index contributed by atoms with van der Waals surface area (Å²) < 4.78 is 5.66. The van der Waals surface area contributed by atoms with Crippen molar-refractivity contribution in [2.75, 3.05) is 33.8 Å². The normalized spacial score (nSPS) is 16.3. The van der Waals surface area contributed by atoms with Gasteiger partial charge < -0.3 is 36.4 Å². The Kier molecular flexibility index (Phi) is 23.8. The Bertz CT molecular complexity index is 1080. The van der Waals surface area contributed by atoms with Crippen molar-refractivity contribution in [1.82, 2.24) is 20.9 Å². The van der Waals surface area contributed by atoms with Crippen LogP contribution in [0.3, 0.4) is 0 Å². The summed E-state index contributed by atoms with van der Waals surface area (Å²) in [5.74, 6) is -3.34. The number of carbonyl (C=O) groups is 5. The average Bonchev–Trinajstić information content (AvgIpc) is 3.55. The maximum absolute atomic E-state index is 13.1. The fraction of sp³-hybridized carbons (Fsp3) is 0.694. The van der Waals surface area contributed by atoms with Crippen LogP contribution in [0.1, 0.15) is 92.1 Å². The molecule has 1 aromatic rings. The van der Waals surface area contributed by atoms with Crippen molar-refractivity contribution < 1.29 is 33.8 Å². The predicted molar refractivity (Wildman–Crippen MR) is 189 cm³/mol. The molecule has 1 saturated heterocycles. The summed E-state index contributed by atoms with van der Waals surface area (Å²) in [5, 5.41) is 17.9. The lowest BCUT2D eigenvalue weighted by Crippen LogP contribution is -2.52. The van der Waals surface area contributed by atoms with Gasteiger partial charge in [0.2, 0.25) is 17.7 Å². The van der Waals surface area contributed by atoms with E-state index >= 15 is 0 Å². The fourth-order valence-corrected chi connectivity index (χ4v) is 5.08. The van der Waals surface area contributed by atoms with Crippen LogP contribution in [0.5, 0.6) is 0 Å². The first-order chi connectivity index (χ1) is 22.8. The molecule has 1 aliphatic heterocycles. The van der Waals surface area contributed by atoms with Gasteiger partial charge in [0, 0.05) is 32.9 Å². The van der Waals surface area contributed by atoms with Crippen molar-refractivity contribution in [3.63, 3.8) is 0 Å². The number of carbonyl (C=O) groups excluding carboxylic acids is 4. The molecular formula is C36H63N5O7. The Labute approximate surface area is 288 Å². The molecule has 1 fully saturated rings. The molecule has 3 amide bonds. The van der Waals surface area contributed by atoms with Crippen molar-refractivity contribution in [3.8, 4) is 0 Å². The van der Waals surface area contributed by atoms with Crippen LogP contribution in [0.25, 0.3) is 0 Å². The zero-order valence-corrected chi connectivity index (χ0v) is 30.6. The maximum Gasteiger partial charge on any atom is 0.326 e. The number of ketones is 1. The molecule has 1 aromatic carbocycles. The highest BCUT2D eigenvalue weighted by atomic mass is 16.5. The number of amides is 3. The fourth-order valence-electron chi connectivity index (χ4n) is 5.08. The molecule has 5 atom stereocenters. The van der Waals surface area contributed by atoms with Gasteiger partial charge in [0.25, 0.3) is 0 Å². The third-order valence-corrected chi connectivity index (χ3v) is 7.95. The molecule has 0 saturated carbocycles. The number of likely N-dealkylation sites (tertiary alicyclic amines) is 1. The summed E-state index contributed by atoms with van der Waals surface area (Å²) in [6, 6.07) is 6.82. The van der Waals surface area contributed by atoms with E-state index in [1.165, 1.54) is 26.4 Å². The Balaban J connectivity index is 0.00000217. The molecule has 1 aliphatic rings. The molecule has 0 spiro atoms. The van der Waals surface area contributed by atoms with Gasteiger partial charge in [-0.05, 0) is 44.3 Å². The molecular weight excluding hydrogens is 614 g/mol. The van der Waals surface area contributed by atoms with Crippen LogP contribution >= 0.6 is 0 Å². The first kappa shape index (κ1) is 44.6. The zero-order chi connectivity index (χ0) is 36.6. The van der Waals surface area contributed by atoms with Crippen molar-refractivity contribution >= 4 is 29.5 Å². The quantitative estimate of drug-likeness (QED) is 0.146. The van der Waals surface area contributed by atoms with Crippen molar-refractivity contribution in [1.29, 1.82) is 0 Å². The second-order valence-corrected chi connectivity index (χ2v) is 12.6. The largest absolute Gasteiger partial charge is 0.480 e. The van der Waals surface area contributed by atoms with Crippen LogP contribution in [-0.2, 0) is 35.1 Å². The second kappa shape index (κ2) is 25.6. The first-order valence-electron chi connectivity index (χ1n) is 17.4. The summed E-state index contributed by atoms with van der Waals surface area (Å²) in [6.45, 7) is 13.2. The van der Waals surface area contributed by atoms with Gasteiger partial charge in [-0.25, -0.2) is 4.79 Å². The summed E-state index contributed by atoms with van der Waals surface area (Å²) in [5.41, 5.74) is 6.56. The van der Waals surface area contributed by atoms with E-state index < -0.39 is 41.9 Å². The van der Waals surface area contributed by atoms with Gasteiger partial charge in [-0.15, -0.1) is 0 Å². The van der Waals surface area contributed by atoms with E-state index in [0.717, 1.165) is 12.1 Å². The van der Waals surface area contributed by atoms with E-state index in [-0.39, 0.29) is 49.5 Å². The number of carboxylic acids is 1. The number of carboxylic acid groups (broad SMARTS) is 1. The van der Waals surface area contributed by atoms with Crippen LogP contribution in [0.4, 0.5) is 0 Å². The highest BCUT2D eigenvalue weighted by Gasteiger charge is 2.40. The number of methoxy groups -OCH3 is 1. The number of rotatable bonds is 18. The third kappa shape index (κ3) is 17.2. The van der Waals surface area contributed by atoms with Gasteiger partial charge in [-0.2, -0.15) is 0 Å². The smallest absolute Gasteiger partial charge is 0.326 e. The van der Waals surface area contributed by atoms with E-state index in [0.29, 0.717) is 19.4 Å². The van der Waals surface area contributed by atoms with E-state index in [9.17, 15) is 29.1 Å². The van der Waals surface area contributed by atoms with Crippen molar-refractivity contribution in [2.24, 2.45) is 17.6 Å². The van der Waals surface area contributed by atoms with Gasteiger partial charge in [0.05, 0.1) is 30.7 Å². The molecule has 2 rings (SSSR count). The summed E-state index contributed by atoms with van der Waals surface area (Å²) in [4.78, 5) is 63.8. The SMILES string of the molecule is CCC.CCCCNC.COC(C(C)C(=O)NC(Cc1ccccc1)C(=O)O)C1CCCN1C(=O)CCC(=O)CNC(=O)C(N)C(C)C. The second-order valence-electron chi connectivity index (χ2n) is 12.6. The predicted octanol–water partition coefficient (Wildman–Crippen LogP) is 3.31. The Morgan fingerprint density at radius 2 is 1.65 bits per heavy atom. The molecule has 274 valence electrons. The molecule has 0 aromatic heterocycles. The van der Waals surface area contributed by atoms with Gasteiger partial charge in [0.15, 0.2) is 5.78 Å². The molecule has 0 bridgehead atoms. The van der Waals surface area contributed by atoms with Crippen molar-refractivity contribution in [3.05, 3.63) is 35.9 Å². The number of unbranched alkanes of at least 4 members (excludes halogenated alkanes) is 1. The number of benzene rings is 1. The number of nitrogens with two attached hydrogens (primary N) is 1. The van der Waals surface area contributed by atoms with E-state index in [4.69, 9.17) is 10.5 Å². The highest BCUT2D eigenvalue weighted by Crippen LogP contribution is 2.27. The maximum atomic E-state index is 13.1.